The molecule has 2 N–H and O–H groups in total. The highest BCUT2D eigenvalue weighted by Gasteiger charge is 2.34. The molecule has 2 rings (SSSR count). The molecule has 3 nitrogen and oxygen atoms in total. The van der Waals surface area contributed by atoms with Gasteiger partial charge in [0.15, 0.2) is 0 Å². The van der Waals surface area contributed by atoms with Crippen LogP contribution >= 0.6 is 0 Å². The number of hydrogen-bond donors (Lipinski definition) is 1. The maximum Gasteiger partial charge on any atom is 0.223 e. The largest absolute Gasteiger partial charge is 0.338 e. The van der Waals surface area contributed by atoms with Crippen LogP contribution in [0.25, 0.3) is 0 Å². The third kappa shape index (κ3) is 2.40. The number of rotatable bonds is 3. The van der Waals surface area contributed by atoms with E-state index in [1.165, 1.54) is 25.7 Å². The molecule has 2 unspecified atom stereocenters. The van der Waals surface area contributed by atoms with Crippen LogP contribution in [0.2, 0.25) is 0 Å². The quantitative estimate of drug-likeness (QED) is 0.794. The van der Waals surface area contributed by atoms with Gasteiger partial charge in [-0.3, -0.25) is 4.79 Å². The van der Waals surface area contributed by atoms with Gasteiger partial charge in [-0.05, 0) is 31.1 Å². The number of hydrogen-bond acceptors (Lipinski definition) is 2. The maximum atomic E-state index is 12.2. The molecular formula is C13H24N2O. The van der Waals surface area contributed by atoms with Crippen LogP contribution in [0.3, 0.4) is 0 Å². The highest BCUT2D eigenvalue weighted by atomic mass is 16.2. The molecule has 1 saturated carbocycles. The van der Waals surface area contributed by atoms with Crippen LogP contribution in [-0.4, -0.2) is 29.9 Å². The Morgan fingerprint density at radius 1 is 1.31 bits per heavy atom. The van der Waals surface area contributed by atoms with Crippen molar-refractivity contribution in [3.05, 3.63) is 0 Å². The molecule has 1 amide bonds. The first-order chi connectivity index (χ1) is 7.72. The molecule has 2 aliphatic rings. The van der Waals surface area contributed by atoms with E-state index in [-0.39, 0.29) is 0 Å². The fraction of sp³-hybridized carbons (Fsp3) is 0.923. The number of nitrogens with two attached hydrogens (primary N) is 1. The summed E-state index contributed by atoms with van der Waals surface area (Å²) in [5.74, 6) is 1.59. The number of nitrogens with zero attached hydrogens (tertiary/aromatic N) is 1. The van der Waals surface area contributed by atoms with E-state index in [0.29, 0.717) is 30.3 Å². The molecule has 92 valence electrons. The second-order valence-corrected chi connectivity index (χ2v) is 5.51. The summed E-state index contributed by atoms with van der Waals surface area (Å²) in [6.07, 6.45) is 7.02. The highest BCUT2D eigenvalue weighted by Crippen LogP contribution is 2.30. The van der Waals surface area contributed by atoms with Crippen LogP contribution in [0.1, 0.15) is 45.4 Å². The zero-order chi connectivity index (χ0) is 11.5. The fourth-order valence-corrected chi connectivity index (χ4v) is 3.26. The lowest BCUT2D eigenvalue weighted by Gasteiger charge is -2.26. The first kappa shape index (κ1) is 11.9. The number of likely N-dealkylation sites (tertiary alicyclic amines) is 1. The zero-order valence-corrected chi connectivity index (χ0v) is 10.3. The van der Waals surface area contributed by atoms with Gasteiger partial charge in [0.2, 0.25) is 5.91 Å². The summed E-state index contributed by atoms with van der Waals surface area (Å²) in [4.78, 5) is 14.2. The van der Waals surface area contributed by atoms with Crippen molar-refractivity contribution in [1.29, 1.82) is 0 Å². The predicted octanol–water partition coefficient (Wildman–Crippen LogP) is 1.76. The lowest BCUT2D eigenvalue weighted by atomic mass is 10.0. The summed E-state index contributed by atoms with van der Waals surface area (Å²) in [5.41, 5.74) is 5.77. The summed E-state index contributed by atoms with van der Waals surface area (Å²) in [7, 11) is 0. The van der Waals surface area contributed by atoms with Crippen molar-refractivity contribution in [2.75, 3.05) is 13.1 Å². The lowest BCUT2D eigenvalue weighted by molar-refractivity contribution is -0.133. The third-order valence-corrected chi connectivity index (χ3v) is 4.38. The molecular weight excluding hydrogens is 200 g/mol. The van der Waals surface area contributed by atoms with Gasteiger partial charge in [0.25, 0.3) is 0 Å². The van der Waals surface area contributed by atoms with Gasteiger partial charge in [0.05, 0.1) is 0 Å². The maximum absolute atomic E-state index is 12.2. The smallest absolute Gasteiger partial charge is 0.223 e. The Bertz CT molecular complexity index is 248. The van der Waals surface area contributed by atoms with Gasteiger partial charge in [-0.25, -0.2) is 0 Å². The molecule has 1 aliphatic heterocycles. The summed E-state index contributed by atoms with van der Waals surface area (Å²) in [5, 5.41) is 0. The second kappa shape index (κ2) is 5.17. The van der Waals surface area contributed by atoms with Crippen LogP contribution in [0.4, 0.5) is 0 Å². The van der Waals surface area contributed by atoms with E-state index in [1.54, 1.807) is 0 Å². The van der Waals surface area contributed by atoms with Crippen molar-refractivity contribution in [3.8, 4) is 0 Å². The second-order valence-electron chi connectivity index (χ2n) is 5.51. The molecule has 16 heavy (non-hydrogen) atoms. The van der Waals surface area contributed by atoms with Crippen LogP contribution in [0.15, 0.2) is 0 Å². The summed E-state index contributed by atoms with van der Waals surface area (Å²) in [6, 6.07) is 0.300. The monoisotopic (exact) mass is 224 g/mol. The van der Waals surface area contributed by atoms with Crippen LogP contribution in [0.5, 0.6) is 0 Å². The van der Waals surface area contributed by atoms with Gasteiger partial charge in [0, 0.05) is 25.6 Å². The number of carbonyl (C=O) groups is 1. The SMILES string of the molecule is CC1CCN(C(=O)CC2CCCC2)C1CN. The van der Waals surface area contributed by atoms with Gasteiger partial charge in [-0.1, -0.05) is 19.8 Å². The fourth-order valence-electron chi connectivity index (χ4n) is 3.26. The van der Waals surface area contributed by atoms with E-state index >= 15 is 0 Å². The Morgan fingerprint density at radius 3 is 2.62 bits per heavy atom. The predicted molar refractivity (Wildman–Crippen MR) is 64.9 cm³/mol. The summed E-state index contributed by atoms with van der Waals surface area (Å²) < 4.78 is 0. The molecule has 0 aromatic heterocycles. The average Bonchev–Trinajstić information content (AvgIpc) is 2.87. The first-order valence-corrected chi connectivity index (χ1v) is 6.72. The highest BCUT2D eigenvalue weighted by molar-refractivity contribution is 5.77. The number of amides is 1. The van der Waals surface area contributed by atoms with Crippen molar-refractivity contribution in [2.24, 2.45) is 17.6 Å². The average molecular weight is 224 g/mol. The first-order valence-electron chi connectivity index (χ1n) is 6.72. The Balaban J connectivity index is 1.88. The Hall–Kier alpha value is -0.570. The van der Waals surface area contributed by atoms with E-state index in [2.05, 4.69) is 6.92 Å². The Kier molecular flexibility index (Phi) is 3.85. The van der Waals surface area contributed by atoms with Gasteiger partial charge < -0.3 is 10.6 Å². The molecule has 0 bridgehead atoms. The molecule has 0 spiro atoms. The molecule has 1 aliphatic carbocycles. The van der Waals surface area contributed by atoms with Crippen molar-refractivity contribution in [1.82, 2.24) is 4.90 Å². The van der Waals surface area contributed by atoms with Gasteiger partial charge in [0.1, 0.15) is 0 Å². The van der Waals surface area contributed by atoms with Crippen molar-refractivity contribution in [3.63, 3.8) is 0 Å². The minimum absolute atomic E-state index is 0.300. The van der Waals surface area contributed by atoms with Gasteiger partial charge in [-0.2, -0.15) is 0 Å². The molecule has 1 saturated heterocycles. The van der Waals surface area contributed by atoms with E-state index in [0.717, 1.165) is 19.4 Å². The van der Waals surface area contributed by atoms with E-state index < -0.39 is 0 Å². The van der Waals surface area contributed by atoms with E-state index in [4.69, 9.17) is 5.73 Å². The molecule has 0 aromatic rings. The molecule has 0 radical (unpaired) electrons. The normalized spacial score (nSPS) is 31.2. The topological polar surface area (TPSA) is 46.3 Å². The van der Waals surface area contributed by atoms with E-state index in [1.807, 2.05) is 4.90 Å². The molecule has 0 aromatic carbocycles. The third-order valence-electron chi connectivity index (χ3n) is 4.38. The standard InChI is InChI=1S/C13H24N2O/c1-10-6-7-15(12(10)9-14)13(16)8-11-4-2-3-5-11/h10-12H,2-9,14H2,1H3. The number of carbonyl (C=O) groups excluding carboxylic acids is 1. The summed E-state index contributed by atoms with van der Waals surface area (Å²) >= 11 is 0. The molecule has 3 heteroatoms. The van der Waals surface area contributed by atoms with Gasteiger partial charge >= 0.3 is 0 Å². The molecule has 2 atom stereocenters. The Morgan fingerprint density at radius 2 is 2.00 bits per heavy atom. The van der Waals surface area contributed by atoms with E-state index in [9.17, 15) is 4.79 Å². The van der Waals surface area contributed by atoms with Crippen molar-refractivity contribution < 1.29 is 4.79 Å². The molecule has 2 fully saturated rings. The minimum Gasteiger partial charge on any atom is -0.338 e. The van der Waals surface area contributed by atoms with Crippen LogP contribution < -0.4 is 5.73 Å². The van der Waals surface area contributed by atoms with Crippen molar-refractivity contribution >= 4 is 5.91 Å². The van der Waals surface area contributed by atoms with Crippen LogP contribution in [-0.2, 0) is 4.79 Å². The molecule has 1 heterocycles. The lowest BCUT2D eigenvalue weighted by Crippen LogP contribution is -2.42. The minimum atomic E-state index is 0.300. The van der Waals surface area contributed by atoms with Crippen molar-refractivity contribution in [2.45, 2.75) is 51.5 Å². The zero-order valence-electron chi connectivity index (χ0n) is 10.3. The Labute approximate surface area is 98.4 Å². The van der Waals surface area contributed by atoms with Crippen LogP contribution in [0, 0.1) is 11.8 Å². The summed E-state index contributed by atoms with van der Waals surface area (Å²) in [6.45, 7) is 3.76. The van der Waals surface area contributed by atoms with Gasteiger partial charge in [-0.15, -0.1) is 0 Å².